The topological polar surface area (TPSA) is 12.5 Å². The molecule has 3 rings (SSSR count). The van der Waals surface area contributed by atoms with E-state index in [-0.39, 0.29) is 0 Å². The summed E-state index contributed by atoms with van der Waals surface area (Å²) < 4.78 is 5.77. The van der Waals surface area contributed by atoms with E-state index in [2.05, 4.69) is 48.3 Å². The minimum absolute atomic E-state index is 0.775. The molecule has 2 nitrogen and oxygen atoms in total. The molecule has 2 aromatic carbocycles. The van der Waals surface area contributed by atoms with Gasteiger partial charge in [-0.15, -0.1) is 0 Å². The number of fused-ring (bicyclic) bond motifs is 3. The van der Waals surface area contributed by atoms with Crippen molar-refractivity contribution in [2.45, 2.75) is 0 Å². The number of rotatable bonds is 0. The van der Waals surface area contributed by atoms with Gasteiger partial charge in [0, 0.05) is 12.4 Å². The van der Waals surface area contributed by atoms with Crippen molar-refractivity contribution in [2.75, 3.05) is 25.1 Å². The fourth-order valence-corrected chi connectivity index (χ4v) is 2.09. The number of hydrogen-bond acceptors (Lipinski definition) is 2. The third-order valence-corrected chi connectivity index (χ3v) is 2.94. The Morgan fingerprint density at radius 1 is 1.13 bits per heavy atom. The average Bonchev–Trinajstić information content (AvgIpc) is 2.29. The highest BCUT2D eigenvalue weighted by atomic mass is 16.5. The van der Waals surface area contributed by atoms with Crippen molar-refractivity contribution in [1.82, 2.24) is 0 Å². The Hall–Kier alpha value is -1.70. The lowest BCUT2D eigenvalue weighted by molar-refractivity contribution is 0.315. The largest absolute Gasteiger partial charge is 0.489 e. The maximum absolute atomic E-state index is 5.77. The van der Waals surface area contributed by atoms with Gasteiger partial charge in [0.05, 0.1) is 12.2 Å². The Kier molecular flexibility index (Phi) is 1.81. The summed E-state index contributed by atoms with van der Waals surface area (Å²) in [6.07, 6.45) is 0. The summed E-state index contributed by atoms with van der Waals surface area (Å²) in [7, 11) is 2.11. The summed E-state index contributed by atoms with van der Waals surface area (Å²) in [6, 6.07) is 12.6. The van der Waals surface area contributed by atoms with Crippen LogP contribution in [0.4, 0.5) is 5.69 Å². The first-order valence-electron chi connectivity index (χ1n) is 5.22. The minimum Gasteiger partial charge on any atom is -0.489 e. The highest BCUT2D eigenvalue weighted by molar-refractivity contribution is 5.93. The van der Waals surface area contributed by atoms with Gasteiger partial charge in [-0.05, 0) is 11.5 Å². The summed E-state index contributed by atoms with van der Waals surface area (Å²) in [6.45, 7) is 1.74. The zero-order valence-corrected chi connectivity index (χ0v) is 8.73. The SMILES string of the molecule is CN1CCOc2c1ccc1ccccc21. The molecule has 2 heteroatoms. The molecule has 0 saturated heterocycles. The van der Waals surface area contributed by atoms with Crippen LogP contribution in [0.3, 0.4) is 0 Å². The van der Waals surface area contributed by atoms with Crippen molar-refractivity contribution in [1.29, 1.82) is 0 Å². The Morgan fingerprint density at radius 2 is 2.00 bits per heavy atom. The smallest absolute Gasteiger partial charge is 0.150 e. The predicted octanol–water partition coefficient (Wildman–Crippen LogP) is 2.67. The van der Waals surface area contributed by atoms with Gasteiger partial charge in [0.25, 0.3) is 0 Å². The quantitative estimate of drug-likeness (QED) is 0.646. The number of likely N-dealkylation sites (N-methyl/N-ethyl adjacent to an activating group) is 1. The van der Waals surface area contributed by atoms with Crippen molar-refractivity contribution in [2.24, 2.45) is 0 Å². The van der Waals surface area contributed by atoms with Crippen molar-refractivity contribution in [3.63, 3.8) is 0 Å². The summed E-state index contributed by atoms with van der Waals surface area (Å²) in [5.74, 6) is 1.03. The third-order valence-electron chi connectivity index (χ3n) is 2.94. The van der Waals surface area contributed by atoms with E-state index in [0.717, 1.165) is 18.9 Å². The fraction of sp³-hybridized carbons (Fsp3) is 0.231. The van der Waals surface area contributed by atoms with E-state index in [9.17, 15) is 0 Å². The number of anilines is 1. The molecular weight excluding hydrogens is 186 g/mol. The van der Waals surface area contributed by atoms with Gasteiger partial charge in [-0.25, -0.2) is 0 Å². The Labute approximate surface area is 89.1 Å². The van der Waals surface area contributed by atoms with Crippen LogP contribution in [-0.4, -0.2) is 20.2 Å². The standard InChI is InChI=1S/C13H13NO/c1-14-8-9-15-13-11-5-3-2-4-10(11)6-7-12(13)14/h2-7H,8-9H2,1H3. The molecule has 0 aliphatic carbocycles. The van der Waals surface area contributed by atoms with E-state index < -0.39 is 0 Å². The van der Waals surface area contributed by atoms with E-state index in [0.29, 0.717) is 0 Å². The van der Waals surface area contributed by atoms with Crippen LogP contribution in [0.2, 0.25) is 0 Å². The maximum atomic E-state index is 5.77. The molecule has 0 aromatic heterocycles. The van der Waals surface area contributed by atoms with E-state index >= 15 is 0 Å². The van der Waals surface area contributed by atoms with Crippen LogP contribution >= 0.6 is 0 Å². The van der Waals surface area contributed by atoms with Crippen molar-refractivity contribution < 1.29 is 4.74 Å². The average molecular weight is 199 g/mol. The highest BCUT2D eigenvalue weighted by Crippen LogP contribution is 2.37. The van der Waals surface area contributed by atoms with Crippen molar-refractivity contribution in [3.05, 3.63) is 36.4 Å². The van der Waals surface area contributed by atoms with Crippen LogP contribution in [0.15, 0.2) is 36.4 Å². The molecule has 2 aromatic rings. The second-order valence-electron chi connectivity index (χ2n) is 3.90. The second-order valence-corrected chi connectivity index (χ2v) is 3.90. The minimum atomic E-state index is 0.775. The molecule has 0 unspecified atom stereocenters. The first-order chi connectivity index (χ1) is 7.36. The van der Waals surface area contributed by atoms with E-state index in [1.54, 1.807) is 0 Å². The van der Waals surface area contributed by atoms with Crippen LogP contribution in [0.5, 0.6) is 5.75 Å². The van der Waals surface area contributed by atoms with E-state index in [4.69, 9.17) is 4.74 Å². The van der Waals surface area contributed by atoms with Crippen LogP contribution in [0, 0.1) is 0 Å². The first-order valence-corrected chi connectivity index (χ1v) is 5.22. The summed E-state index contributed by atoms with van der Waals surface area (Å²) in [5, 5.41) is 2.45. The van der Waals surface area contributed by atoms with Gasteiger partial charge in [0.1, 0.15) is 12.4 Å². The summed E-state index contributed by atoms with van der Waals surface area (Å²) in [4.78, 5) is 2.24. The molecule has 0 atom stereocenters. The normalized spacial score (nSPS) is 14.9. The molecular formula is C13H13NO. The zero-order valence-electron chi connectivity index (χ0n) is 8.73. The lowest BCUT2D eigenvalue weighted by Crippen LogP contribution is -2.28. The molecule has 1 heterocycles. The third kappa shape index (κ3) is 1.25. The maximum Gasteiger partial charge on any atom is 0.150 e. The lowest BCUT2D eigenvalue weighted by atomic mass is 10.1. The Balaban J connectivity index is 2.33. The fourth-order valence-electron chi connectivity index (χ4n) is 2.09. The Bertz CT molecular complexity index is 507. The molecule has 15 heavy (non-hydrogen) atoms. The summed E-state index contributed by atoms with van der Waals surface area (Å²) in [5.41, 5.74) is 1.19. The molecule has 0 spiro atoms. The monoisotopic (exact) mass is 199 g/mol. The molecule has 1 aliphatic heterocycles. The van der Waals surface area contributed by atoms with Gasteiger partial charge in [-0.3, -0.25) is 0 Å². The van der Waals surface area contributed by atoms with Gasteiger partial charge in [0.2, 0.25) is 0 Å². The number of nitrogens with zero attached hydrogens (tertiary/aromatic N) is 1. The predicted molar refractivity (Wildman–Crippen MR) is 62.7 cm³/mol. The molecule has 0 radical (unpaired) electrons. The van der Waals surface area contributed by atoms with E-state index in [1.165, 1.54) is 16.5 Å². The van der Waals surface area contributed by atoms with Crippen LogP contribution in [-0.2, 0) is 0 Å². The number of benzene rings is 2. The summed E-state index contributed by atoms with van der Waals surface area (Å²) >= 11 is 0. The van der Waals surface area contributed by atoms with Gasteiger partial charge in [0.15, 0.2) is 0 Å². The van der Waals surface area contributed by atoms with Gasteiger partial charge in [-0.1, -0.05) is 30.3 Å². The van der Waals surface area contributed by atoms with Crippen LogP contribution in [0.25, 0.3) is 10.8 Å². The second kappa shape index (κ2) is 3.16. The molecule has 0 amide bonds. The first kappa shape index (κ1) is 8.60. The molecule has 0 N–H and O–H groups in total. The molecule has 0 fully saturated rings. The van der Waals surface area contributed by atoms with E-state index in [1.807, 2.05) is 0 Å². The zero-order chi connectivity index (χ0) is 10.3. The lowest BCUT2D eigenvalue weighted by Gasteiger charge is -2.28. The molecule has 0 saturated carbocycles. The molecule has 1 aliphatic rings. The molecule has 0 bridgehead atoms. The van der Waals surface area contributed by atoms with Crippen molar-refractivity contribution in [3.8, 4) is 5.75 Å². The van der Waals surface area contributed by atoms with Crippen LogP contribution < -0.4 is 9.64 Å². The van der Waals surface area contributed by atoms with Gasteiger partial charge >= 0.3 is 0 Å². The van der Waals surface area contributed by atoms with Gasteiger partial charge in [-0.2, -0.15) is 0 Å². The van der Waals surface area contributed by atoms with Crippen molar-refractivity contribution >= 4 is 16.5 Å². The number of hydrogen-bond donors (Lipinski definition) is 0. The van der Waals surface area contributed by atoms with Crippen LogP contribution in [0.1, 0.15) is 0 Å². The Morgan fingerprint density at radius 3 is 2.93 bits per heavy atom. The highest BCUT2D eigenvalue weighted by Gasteiger charge is 2.16. The number of ether oxygens (including phenoxy) is 1. The molecule has 76 valence electrons. The van der Waals surface area contributed by atoms with Gasteiger partial charge < -0.3 is 9.64 Å².